The van der Waals surface area contributed by atoms with Crippen LogP contribution in [0.15, 0.2) is 72.8 Å². The molecule has 1 atom stereocenters. The van der Waals surface area contributed by atoms with E-state index in [4.69, 9.17) is 9.72 Å². The van der Waals surface area contributed by atoms with Gasteiger partial charge in [0.05, 0.1) is 21.7 Å². The smallest absolute Gasteiger partial charge is 0.339 e. The van der Waals surface area contributed by atoms with Gasteiger partial charge in [-0.25, -0.2) is 9.78 Å². The summed E-state index contributed by atoms with van der Waals surface area (Å²) >= 11 is 0. The molecule has 0 bridgehead atoms. The summed E-state index contributed by atoms with van der Waals surface area (Å²) in [6.07, 6.45) is 2.24. The summed E-state index contributed by atoms with van der Waals surface area (Å²) in [5.74, 6) is -1.30. The number of nitrogens with zero attached hydrogens (tertiary/aromatic N) is 2. The summed E-state index contributed by atoms with van der Waals surface area (Å²) in [4.78, 5) is 41.9. The number of fused-ring (bicyclic) bond motifs is 2. The van der Waals surface area contributed by atoms with Gasteiger partial charge in [-0.2, -0.15) is 0 Å². The predicted octanol–water partition coefficient (Wildman–Crippen LogP) is 6.12. The Morgan fingerprint density at radius 2 is 1.74 bits per heavy atom. The van der Waals surface area contributed by atoms with Crippen molar-refractivity contribution >= 4 is 45.8 Å². The topological polar surface area (TPSA) is 111 Å². The van der Waals surface area contributed by atoms with Crippen molar-refractivity contribution in [2.24, 2.45) is 0 Å². The summed E-state index contributed by atoms with van der Waals surface area (Å²) in [5, 5.41) is 14.4. The number of aromatic nitrogens is 1. The van der Waals surface area contributed by atoms with E-state index >= 15 is 0 Å². The first-order chi connectivity index (χ1) is 18.3. The third-order valence-corrected chi connectivity index (χ3v) is 6.58. The Bertz CT molecular complexity index is 1610. The van der Waals surface area contributed by atoms with Gasteiger partial charge < -0.3 is 10.1 Å². The number of carbonyl (C=O) groups is 2. The summed E-state index contributed by atoms with van der Waals surface area (Å²) < 4.78 is 5.60. The third-order valence-electron chi connectivity index (χ3n) is 6.58. The molecule has 1 N–H and O–H groups in total. The largest absolute Gasteiger partial charge is 0.449 e. The molecule has 1 aromatic heterocycles. The molecule has 0 fully saturated rings. The Labute approximate surface area is 219 Å². The van der Waals surface area contributed by atoms with Crippen molar-refractivity contribution in [1.29, 1.82) is 0 Å². The van der Waals surface area contributed by atoms with Gasteiger partial charge in [-0.1, -0.05) is 60.2 Å². The van der Waals surface area contributed by atoms with Crippen LogP contribution >= 0.6 is 0 Å². The van der Waals surface area contributed by atoms with Crippen LogP contribution in [0.2, 0.25) is 0 Å². The van der Waals surface area contributed by atoms with Crippen molar-refractivity contribution in [3.05, 3.63) is 111 Å². The standard InChI is InChI=1S/C30H25N3O5/c1-18-11-13-20(14-12-18)17-21-15-16-23-27(22-7-3-4-8-24(22)31-28(21)23)30(35)38-19(2)29(34)32-25-9-5-6-10-26(25)33(36)37/h3-14,17,19H,15-16H2,1-2H3,(H,32,34)/b21-17+/t19-/m0/s1. The quantitative estimate of drug-likeness (QED) is 0.191. The molecule has 1 aliphatic rings. The highest BCUT2D eigenvalue weighted by atomic mass is 16.6. The number of rotatable bonds is 6. The molecule has 38 heavy (non-hydrogen) atoms. The Kier molecular flexibility index (Phi) is 6.70. The maximum atomic E-state index is 13.5. The first kappa shape index (κ1) is 24.8. The van der Waals surface area contributed by atoms with Gasteiger partial charge >= 0.3 is 5.97 Å². The number of para-hydroxylation sites is 3. The van der Waals surface area contributed by atoms with Crippen molar-refractivity contribution in [2.45, 2.75) is 32.8 Å². The van der Waals surface area contributed by atoms with E-state index in [0.717, 1.165) is 28.8 Å². The molecule has 0 saturated heterocycles. The molecule has 0 radical (unpaired) electrons. The number of hydrogen-bond acceptors (Lipinski definition) is 6. The fourth-order valence-corrected chi connectivity index (χ4v) is 4.62. The van der Waals surface area contributed by atoms with Crippen LogP contribution < -0.4 is 5.32 Å². The number of ether oxygens (including phenoxy) is 1. The van der Waals surface area contributed by atoms with Crippen molar-refractivity contribution in [1.82, 2.24) is 4.98 Å². The number of amides is 1. The van der Waals surface area contributed by atoms with Crippen molar-refractivity contribution in [2.75, 3.05) is 5.32 Å². The van der Waals surface area contributed by atoms with E-state index in [9.17, 15) is 19.7 Å². The van der Waals surface area contributed by atoms with Gasteiger partial charge in [-0.05, 0) is 61.6 Å². The average molecular weight is 508 g/mol. The molecule has 4 aromatic rings. The average Bonchev–Trinajstić information content (AvgIpc) is 3.30. The van der Waals surface area contributed by atoms with E-state index in [1.54, 1.807) is 6.07 Å². The number of nitro groups is 1. The molecule has 0 unspecified atom stereocenters. The lowest BCUT2D eigenvalue weighted by molar-refractivity contribution is -0.383. The number of hydrogen-bond donors (Lipinski definition) is 1. The Balaban J connectivity index is 1.45. The maximum absolute atomic E-state index is 13.5. The molecule has 3 aromatic carbocycles. The number of pyridine rings is 1. The number of anilines is 1. The fourth-order valence-electron chi connectivity index (χ4n) is 4.62. The molecule has 1 heterocycles. The van der Waals surface area contributed by atoms with Crippen LogP contribution in [0.25, 0.3) is 22.6 Å². The zero-order valence-corrected chi connectivity index (χ0v) is 20.9. The highest BCUT2D eigenvalue weighted by Crippen LogP contribution is 2.38. The molecular weight excluding hydrogens is 482 g/mol. The molecule has 190 valence electrons. The summed E-state index contributed by atoms with van der Waals surface area (Å²) in [5.41, 5.74) is 5.65. The first-order valence-electron chi connectivity index (χ1n) is 12.3. The van der Waals surface area contributed by atoms with Gasteiger partial charge in [0.1, 0.15) is 5.69 Å². The number of allylic oxidation sites excluding steroid dienone is 1. The second kappa shape index (κ2) is 10.3. The highest BCUT2D eigenvalue weighted by Gasteiger charge is 2.30. The van der Waals surface area contributed by atoms with Crippen LogP contribution in [0, 0.1) is 17.0 Å². The predicted molar refractivity (Wildman–Crippen MR) is 146 cm³/mol. The van der Waals surface area contributed by atoms with E-state index in [2.05, 4.69) is 23.5 Å². The van der Waals surface area contributed by atoms with Gasteiger partial charge in [0.2, 0.25) is 0 Å². The number of aryl methyl sites for hydroxylation is 1. The van der Waals surface area contributed by atoms with Gasteiger partial charge in [-0.3, -0.25) is 14.9 Å². The Hall–Kier alpha value is -4.85. The zero-order valence-electron chi connectivity index (χ0n) is 20.9. The molecule has 8 nitrogen and oxygen atoms in total. The zero-order chi connectivity index (χ0) is 26.8. The van der Waals surface area contributed by atoms with Crippen LogP contribution in [-0.4, -0.2) is 27.9 Å². The molecule has 1 aliphatic carbocycles. The van der Waals surface area contributed by atoms with Crippen LogP contribution in [0.3, 0.4) is 0 Å². The van der Waals surface area contributed by atoms with Gasteiger partial charge in [0.15, 0.2) is 6.10 Å². The van der Waals surface area contributed by atoms with Crippen molar-refractivity contribution < 1.29 is 19.2 Å². The summed E-state index contributed by atoms with van der Waals surface area (Å²) in [6.45, 7) is 3.48. The lowest BCUT2D eigenvalue weighted by atomic mass is 10.0. The Morgan fingerprint density at radius 3 is 2.50 bits per heavy atom. The fraction of sp³-hybridized carbons (Fsp3) is 0.167. The summed E-state index contributed by atoms with van der Waals surface area (Å²) in [6, 6.07) is 21.4. The minimum absolute atomic E-state index is 0.0338. The monoisotopic (exact) mass is 507 g/mol. The number of benzene rings is 3. The molecule has 8 heteroatoms. The number of esters is 1. The number of carbonyl (C=O) groups excluding carboxylic acids is 2. The first-order valence-corrected chi connectivity index (χ1v) is 12.3. The highest BCUT2D eigenvalue weighted by molar-refractivity contribution is 6.08. The van der Waals surface area contributed by atoms with Crippen LogP contribution in [0.4, 0.5) is 11.4 Å². The lowest BCUT2D eigenvalue weighted by Crippen LogP contribution is -2.30. The van der Waals surface area contributed by atoms with Crippen LogP contribution in [0.5, 0.6) is 0 Å². The molecule has 0 spiro atoms. The van der Waals surface area contributed by atoms with E-state index in [0.29, 0.717) is 22.9 Å². The molecule has 5 rings (SSSR count). The van der Waals surface area contributed by atoms with E-state index in [1.165, 1.54) is 30.7 Å². The van der Waals surface area contributed by atoms with E-state index in [1.807, 2.05) is 43.3 Å². The lowest BCUT2D eigenvalue weighted by Gasteiger charge is -2.16. The van der Waals surface area contributed by atoms with Gasteiger partial charge in [0, 0.05) is 11.5 Å². The third kappa shape index (κ3) is 4.88. The summed E-state index contributed by atoms with van der Waals surface area (Å²) in [7, 11) is 0. The van der Waals surface area contributed by atoms with E-state index < -0.39 is 22.9 Å². The molecular formula is C30H25N3O5. The van der Waals surface area contributed by atoms with Gasteiger partial charge in [0.25, 0.3) is 11.6 Å². The van der Waals surface area contributed by atoms with Crippen LogP contribution in [-0.2, 0) is 16.0 Å². The molecule has 0 aliphatic heterocycles. The van der Waals surface area contributed by atoms with Gasteiger partial charge in [-0.15, -0.1) is 0 Å². The second-order valence-corrected chi connectivity index (χ2v) is 9.22. The SMILES string of the molecule is Cc1ccc(/C=C2\CCc3c2nc2ccccc2c3C(=O)O[C@@H](C)C(=O)Nc2ccccc2[N+](=O)[O-])cc1. The number of nitrogens with one attached hydrogen (secondary N) is 1. The number of nitro benzene ring substituents is 1. The minimum Gasteiger partial charge on any atom is -0.449 e. The van der Waals surface area contributed by atoms with Crippen molar-refractivity contribution in [3.63, 3.8) is 0 Å². The second-order valence-electron chi connectivity index (χ2n) is 9.22. The van der Waals surface area contributed by atoms with Crippen molar-refractivity contribution in [3.8, 4) is 0 Å². The normalized spacial score (nSPS) is 14.2. The maximum Gasteiger partial charge on any atom is 0.339 e. The minimum atomic E-state index is -1.19. The Morgan fingerprint density at radius 1 is 1.03 bits per heavy atom. The van der Waals surface area contributed by atoms with E-state index in [-0.39, 0.29) is 11.4 Å². The molecule has 0 saturated carbocycles. The molecule has 1 amide bonds. The van der Waals surface area contributed by atoms with Crippen LogP contribution in [0.1, 0.15) is 46.1 Å².